The van der Waals surface area contributed by atoms with E-state index in [2.05, 4.69) is 10.6 Å². The van der Waals surface area contributed by atoms with Crippen molar-refractivity contribution in [3.63, 3.8) is 0 Å². The SMILES string of the molecule is C1CC2(C1)CNC2.C1CC2(C1)CNC2.O=C(O)C(=O)O. The summed E-state index contributed by atoms with van der Waals surface area (Å²) in [7, 11) is 0. The Morgan fingerprint density at radius 1 is 0.700 bits per heavy atom. The summed E-state index contributed by atoms with van der Waals surface area (Å²) < 4.78 is 0. The molecule has 6 nitrogen and oxygen atoms in total. The van der Waals surface area contributed by atoms with E-state index in [1.807, 2.05) is 0 Å². The van der Waals surface area contributed by atoms with E-state index < -0.39 is 11.9 Å². The van der Waals surface area contributed by atoms with Gasteiger partial charge in [-0.25, -0.2) is 9.59 Å². The van der Waals surface area contributed by atoms with Gasteiger partial charge < -0.3 is 20.8 Å². The molecule has 2 aliphatic heterocycles. The molecule has 2 saturated carbocycles. The highest BCUT2D eigenvalue weighted by Gasteiger charge is 2.42. The minimum Gasteiger partial charge on any atom is -0.473 e. The maximum Gasteiger partial charge on any atom is 0.414 e. The van der Waals surface area contributed by atoms with Crippen molar-refractivity contribution in [1.29, 1.82) is 0 Å². The second kappa shape index (κ2) is 6.10. The predicted molar refractivity (Wildman–Crippen MR) is 73.6 cm³/mol. The summed E-state index contributed by atoms with van der Waals surface area (Å²) in [6.07, 6.45) is 8.98. The average molecular weight is 284 g/mol. The molecule has 0 atom stereocenters. The van der Waals surface area contributed by atoms with Crippen LogP contribution in [0.4, 0.5) is 0 Å². The van der Waals surface area contributed by atoms with Crippen LogP contribution in [0.1, 0.15) is 38.5 Å². The van der Waals surface area contributed by atoms with E-state index in [0.717, 1.165) is 10.8 Å². The molecule has 4 N–H and O–H groups in total. The van der Waals surface area contributed by atoms with Gasteiger partial charge in [-0.3, -0.25) is 0 Å². The first-order chi connectivity index (χ1) is 9.47. The molecule has 0 aromatic rings. The molecule has 4 aliphatic rings. The van der Waals surface area contributed by atoms with Gasteiger partial charge in [0.15, 0.2) is 0 Å². The Morgan fingerprint density at radius 2 is 1.00 bits per heavy atom. The summed E-state index contributed by atoms with van der Waals surface area (Å²) in [5.41, 5.74) is 1.67. The lowest BCUT2D eigenvalue weighted by Crippen LogP contribution is -2.57. The lowest BCUT2D eigenvalue weighted by atomic mass is 9.65. The van der Waals surface area contributed by atoms with Crippen LogP contribution in [0.25, 0.3) is 0 Å². The zero-order valence-electron chi connectivity index (χ0n) is 11.8. The molecule has 0 aromatic carbocycles. The molecule has 0 radical (unpaired) electrons. The van der Waals surface area contributed by atoms with Crippen molar-refractivity contribution < 1.29 is 19.8 Å². The highest BCUT2D eigenvalue weighted by atomic mass is 16.4. The number of hydrogen-bond donors (Lipinski definition) is 4. The molecule has 2 aliphatic carbocycles. The van der Waals surface area contributed by atoms with E-state index in [4.69, 9.17) is 19.8 Å². The number of rotatable bonds is 0. The van der Waals surface area contributed by atoms with Crippen LogP contribution in [0.5, 0.6) is 0 Å². The van der Waals surface area contributed by atoms with Gasteiger partial charge in [-0.05, 0) is 36.5 Å². The normalized spacial score (nSPS) is 26.2. The monoisotopic (exact) mass is 284 g/mol. The summed E-state index contributed by atoms with van der Waals surface area (Å²) in [4.78, 5) is 18.2. The Hall–Kier alpha value is -1.14. The fourth-order valence-corrected chi connectivity index (χ4v) is 3.02. The van der Waals surface area contributed by atoms with Crippen molar-refractivity contribution in [3.8, 4) is 0 Å². The quantitative estimate of drug-likeness (QED) is 0.488. The topological polar surface area (TPSA) is 98.7 Å². The van der Waals surface area contributed by atoms with Gasteiger partial charge in [-0.2, -0.15) is 0 Å². The summed E-state index contributed by atoms with van der Waals surface area (Å²) in [6.45, 7) is 5.25. The smallest absolute Gasteiger partial charge is 0.414 e. The van der Waals surface area contributed by atoms with Crippen molar-refractivity contribution in [2.75, 3.05) is 26.2 Å². The molecule has 2 spiro atoms. The van der Waals surface area contributed by atoms with Gasteiger partial charge in [-0.1, -0.05) is 12.8 Å². The van der Waals surface area contributed by atoms with Gasteiger partial charge in [0.25, 0.3) is 0 Å². The van der Waals surface area contributed by atoms with Gasteiger partial charge in [-0.15, -0.1) is 0 Å². The number of hydrogen-bond acceptors (Lipinski definition) is 4. The number of carboxylic acids is 2. The number of carboxylic acid groups (broad SMARTS) is 2. The summed E-state index contributed by atoms with van der Waals surface area (Å²) in [5, 5.41) is 21.4. The van der Waals surface area contributed by atoms with Crippen molar-refractivity contribution in [2.45, 2.75) is 38.5 Å². The van der Waals surface area contributed by atoms with Crippen molar-refractivity contribution in [3.05, 3.63) is 0 Å². The lowest BCUT2D eigenvalue weighted by Gasteiger charge is -2.49. The predicted octanol–water partition coefficient (Wildman–Crippen LogP) is 0.675. The molecule has 2 saturated heterocycles. The van der Waals surface area contributed by atoms with E-state index in [-0.39, 0.29) is 0 Å². The Morgan fingerprint density at radius 3 is 1.00 bits per heavy atom. The number of aliphatic carboxylic acids is 2. The van der Waals surface area contributed by atoms with E-state index in [1.54, 1.807) is 0 Å². The highest BCUT2D eigenvalue weighted by Crippen LogP contribution is 2.44. The zero-order valence-corrected chi connectivity index (χ0v) is 11.8. The molecule has 20 heavy (non-hydrogen) atoms. The van der Waals surface area contributed by atoms with Gasteiger partial charge in [0.1, 0.15) is 0 Å². The van der Waals surface area contributed by atoms with Crippen LogP contribution in [0, 0.1) is 10.8 Å². The van der Waals surface area contributed by atoms with Gasteiger partial charge in [0.2, 0.25) is 0 Å². The summed E-state index contributed by atoms with van der Waals surface area (Å²) >= 11 is 0. The van der Waals surface area contributed by atoms with Gasteiger partial charge >= 0.3 is 11.9 Å². The Balaban J connectivity index is 0.000000111. The third-order valence-electron chi connectivity index (χ3n) is 5.01. The van der Waals surface area contributed by atoms with Crippen LogP contribution in [-0.4, -0.2) is 48.3 Å². The molecule has 114 valence electrons. The van der Waals surface area contributed by atoms with Crippen molar-refractivity contribution in [1.82, 2.24) is 10.6 Å². The molecule has 4 fully saturated rings. The first-order valence-corrected chi connectivity index (χ1v) is 7.35. The highest BCUT2D eigenvalue weighted by molar-refractivity contribution is 6.27. The van der Waals surface area contributed by atoms with Crippen LogP contribution in [0.15, 0.2) is 0 Å². The average Bonchev–Trinajstić information content (AvgIpc) is 2.08. The fourth-order valence-electron chi connectivity index (χ4n) is 3.02. The van der Waals surface area contributed by atoms with Crippen LogP contribution < -0.4 is 10.6 Å². The van der Waals surface area contributed by atoms with Crippen LogP contribution in [0.3, 0.4) is 0 Å². The minimum absolute atomic E-state index is 0.833. The Bertz CT molecular complexity index is 300. The standard InChI is InChI=1S/2C6H11N.C2H2O4/c2*1-2-6(3-1)4-7-5-6;3-1(4)2(5)6/h2*7H,1-5H2;(H,3,4)(H,5,6). The summed E-state index contributed by atoms with van der Waals surface area (Å²) in [5.74, 6) is -3.65. The molecule has 4 rings (SSSR count). The number of carbonyl (C=O) groups is 2. The van der Waals surface area contributed by atoms with Crippen LogP contribution in [-0.2, 0) is 9.59 Å². The molecule has 0 amide bonds. The number of nitrogens with one attached hydrogen (secondary N) is 2. The second-order valence-corrected chi connectivity index (χ2v) is 6.52. The van der Waals surface area contributed by atoms with Crippen LogP contribution >= 0.6 is 0 Å². The Kier molecular flexibility index (Phi) is 4.65. The maximum absolute atomic E-state index is 9.10. The van der Waals surface area contributed by atoms with Crippen molar-refractivity contribution >= 4 is 11.9 Å². The van der Waals surface area contributed by atoms with Gasteiger partial charge in [0, 0.05) is 26.2 Å². The van der Waals surface area contributed by atoms with Gasteiger partial charge in [0.05, 0.1) is 0 Å². The molecule has 2 heterocycles. The third kappa shape index (κ3) is 3.49. The van der Waals surface area contributed by atoms with E-state index >= 15 is 0 Å². The lowest BCUT2D eigenvalue weighted by molar-refractivity contribution is -0.159. The summed E-state index contributed by atoms with van der Waals surface area (Å²) in [6, 6.07) is 0. The Labute approximate surface area is 118 Å². The molecule has 0 aromatic heterocycles. The van der Waals surface area contributed by atoms with E-state index in [9.17, 15) is 0 Å². The van der Waals surface area contributed by atoms with Crippen molar-refractivity contribution in [2.24, 2.45) is 10.8 Å². The fraction of sp³-hybridized carbons (Fsp3) is 0.857. The third-order valence-corrected chi connectivity index (χ3v) is 5.01. The maximum atomic E-state index is 9.10. The van der Waals surface area contributed by atoms with E-state index in [1.165, 1.54) is 64.7 Å². The molecular formula is C14H24N2O4. The molecule has 0 bridgehead atoms. The molecule has 6 heteroatoms. The first kappa shape index (κ1) is 15.3. The minimum atomic E-state index is -1.82. The molecule has 0 unspecified atom stereocenters. The second-order valence-electron chi connectivity index (χ2n) is 6.52. The molecular weight excluding hydrogens is 260 g/mol. The van der Waals surface area contributed by atoms with E-state index in [0.29, 0.717) is 0 Å². The first-order valence-electron chi connectivity index (χ1n) is 7.35. The van der Waals surface area contributed by atoms with Crippen LogP contribution in [0.2, 0.25) is 0 Å². The largest absolute Gasteiger partial charge is 0.473 e. The zero-order chi connectivity index (χ0) is 14.6.